The molecule has 0 amide bonds. The third-order valence-corrected chi connectivity index (χ3v) is 0.115. The number of hydrogen-bond acceptors (Lipinski definition) is 2. The van der Waals surface area contributed by atoms with Crippen LogP contribution in [0.15, 0.2) is 10.3 Å². The van der Waals surface area contributed by atoms with E-state index in [0.717, 1.165) is 0 Å². The Hall–Kier alpha value is -1.04. The molecule has 5 heavy (non-hydrogen) atoms. The van der Waals surface area contributed by atoms with E-state index >= 15 is 0 Å². The number of terminal acetylenes is 1. The van der Waals surface area contributed by atoms with Gasteiger partial charge in [-0.15, -0.1) is 0 Å². The maximum absolute atomic E-state index is 4.55. The van der Waals surface area contributed by atoms with Crippen LogP contribution in [0.1, 0.15) is 0 Å². The topological polar surface area (TPSA) is 50.7 Å². The predicted octanol–water partition coefficient (Wildman–Crippen LogP) is -0.0970. The second-order valence-corrected chi connectivity index (χ2v) is 0.345. The lowest BCUT2D eigenvalue weighted by molar-refractivity contribution is 1.08. The molecule has 3 heteroatoms. The molecule has 0 aromatic rings. The Kier molecular flexibility index (Phi) is 2.34. The molecule has 0 bridgehead atoms. The maximum atomic E-state index is 4.55. The second kappa shape index (κ2) is 2.96. The molecule has 26 valence electrons. The SMILES string of the molecule is C#CN=NN. The summed E-state index contributed by atoms with van der Waals surface area (Å²) >= 11 is 0. The Morgan fingerprint density at radius 1 is 1.80 bits per heavy atom. The Bertz CT molecular complexity index is 67.5. The normalized spacial score (nSPS) is 7.80. The van der Waals surface area contributed by atoms with Gasteiger partial charge < -0.3 is 5.84 Å². The molecule has 0 aromatic heterocycles. The minimum Gasteiger partial charge on any atom is -0.304 e. The minimum atomic E-state index is 1.85. The van der Waals surface area contributed by atoms with Gasteiger partial charge in [0.25, 0.3) is 0 Å². The summed E-state index contributed by atoms with van der Waals surface area (Å²) in [6.07, 6.45) is 4.55. The van der Waals surface area contributed by atoms with Crippen molar-refractivity contribution in [3.05, 3.63) is 0 Å². The highest BCUT2D eigenvalue weighted by molar-refractivity contribution is 4.76. The standard InChI is InChI=1S/C2H3N3/c1-2-4-5-3/h1H,(H2,3,4). The molecule has 0 radical (unpaired) electrons. The van der Waals surface area contributed by atoms with Gasteiger partial charge in [-0.25, -0.2) is 0 Å². The van der Waals surface area contributed by atoms with Crippen LogP contribution in [0.25, 0.3) is 0 Å². The first-order valence-corrected chi connectivity index (χ1v) is 0.970. The van der Waals surface area contributed by atoms with Crippen molar-refractivity contribution in [2.45, 2.75) is 0 Å². The van der Waals surface area contributed by atoms with Gasteiger partial charge in [-0.05, 0) is 0 Å². The lowest BCUT2D eigenvalue weighted by Crippen LogP contribution is -1.70. The zero-order valence-electron chi connectivity index (χ0n) is 2.55. The molecule has 0 heterocycles. The number of nitrogens with zero attached hydrogens (tertiary/aromatic N) is 2. The van der Waals surface area contributed by atoms with Crippen LogP contribution < -0.4 is 5.84 Å². The predicted molar refractivity (Wildman–Crippen MR) is 17.9 cm³/mol. The summed E-state index contributed by atoms with van der Waals surface area (Å²) in [5.74, 6) is 4.45. The molecule has 0 aliphatic heterocycles. The van der Waals surface area contributed by atoms with Crippen LogP contribution in [-0.2, 0) is 0 Å². The van der Waals surface area contributed by atoms with Crippen LogP contribution in [-0.4, -0.2) is 0 Å². The highest BCUT2D eigenvalue weighted by atomic mass is 15.3. The molecule has 3 nitrogen and oxygen atoms in total. The van der Waals surface area contributed by atoms with Crippen molar-refractivity contribution >= 4 is 0 Å². The summed E-state index contributed by atoms with van der Waals surface area (Å²) in [6.45, 7) is 0. The fraction of sp³-hybridized carbons (Fsp3) is 0. The average Bonchev–Trinajstić information content (AvgIpc) is 1.41. The van der Waals surface area contributed by atoms with Gasteiger partial charge in [0.15, 0.2) is 0 Å². The van der Waals surface area contributed by atoms with Gasteiger partial charge in [-0.3, -0.25) is 0 Å². The van der Waals surface area contributed by atoms with E-state index < -0.39 is 0 Å². The monoisotopic (exact) mass is 69.0 g/mol. The highest BCUT2D eigenvalue weighted by Gasteiger charge is 1.39. The van der Waals surface area contributed by atoms with Gasteiger partial charge in [0, 0.05) is 0 Å². The Balaban J connectivity index is 3.04. The summed E-state index contributed by atoms with van der Waals surface area (Å²) in [6, 6.07) is 1.85. The molecule has 0 saturated heterocycles. The van der Waals surface area contributed by atoms with Crippen molar-refractivity contribution in [3.63, 3.8) is 0 Å². The summed E-state index contributed by atoms with van der Waals surface area (Å²) in [4.78, 5) is 0. The third kappa shape index (κ3) is 2.96. The molecule has 0 aliphatic carbocycles. The van der Waals surface area contributed by atoms with Gasteiger partial charge in [-0.2, -0.15) is 0 Å². The number of rotatable bonds is 0. The van der Waals surface area contributed by atoms with E-state index in [4.69, 9.17) is 0 Å². The van der Waals surface area contributed by atoms with Crippen molar-refractivity contribution in [1.82, 2.24) is 0 Å². The minimum absolute atomic E-state index is 1.85. The van der Waals surface area contributed by atoms with Crippen molar-refractivity contribution in [2.24, 2.45) is 16.2 Å². The summed E-state index contributed by atoms with van der Waals surface area (Å²) in [5, 5.41) is 5.65. The molecule has 0 spiro atoms. The van der Waals surface area contributed by atoms with E-state index in [0.29, 0.717) is 0 Å². The molecule has 0 saturated carbocycles. The van der Waals surface area contributed by atoms with Gasteiger partial charge in [0.05, 0.1) is 6.04 Å². The van der Waals surface area contributed by atoms with E-state index in [2.05, 4.69) is 22.6 Å². The average molecular weight is 69.1 g/mol. The summed E-state index contributed by atoms with van der Waals surface area (Å²) in [7, 11) is 0. The van der Waals surface area contributed by atoms with Crippen LogP contribution >= 0.6 is 0 Å². The third-order valence-electron chi connectivity index (χ3n) is 0.115. The first-order chi connectivity index (χ1) is 2.41. The molecule has 0 atom stereocenters. The van der Waals surface area contributed by atoms with E-state index in [9.17, 15) is 0 Å². The molecular formula is C2H3N3. The van der Waals surface area contributed by atoms with E-state index in [1.807, 2.05) is 6.04 Å². The largest absolute Gasteiger partial charge is 0.304 e. The Morgan fingerprint density at radius 2 is 2.40 bits per heavy atom. The molecular weight excluding hydrogens is 66.0 g/mol. The van der Waals surface area contributed by atoms with Crippen LogP contribution in [0.4, 0.5) is 0 Å². The van der Waals surface area contributed by atoms with E-state index in [1.165, 1.54) is 0 Å². The van der Waals surface area contributed by atoms with E-state index in [-0.39, 0.29) is 0 Å². The first-order valence-electron chi connectivity index (χ1n) is 0.970. The Morgan fingerprint density at radius 3 is 2.40 bits per heavy atom. The lowest BCUT2D eigenvalue weighted by atomic mass is 11.2. The molecule has 0 fully saturated rings. The quantitative estimate of drug-likeness (QED) is 0.184. The lowest BCUT2D eigenvalue weighted by Gasteiger charge is -1.55. The highest BCUT2D eigenvalue weighted by Crippen LogP contribution is 1.51. The molecule has 0 rings (SSSR count). The fourth-order valence-corrected chi connectivity index (χ4v) is 0.0333. The van der Waals surface area contributed by atoms with E-state index in [1.54, 1.807) is 0 Å². The van der Waals surface area contributed by atoms with Crippen LogP contribution in [0, 0.1) is 12.5 Å². The van der Waals surface area contributed by atoms with Gasteiger partial charge in [0.2, 0.25) is 0 Å². The van der Waals surface area contributed by atoms with Crippen molar-refractivity contribution in [2.75, 3.05) is 0 Å². The van der Waals surface area contributed by atoms with Gasteiger partial charge in [0.1, 0.15) is 0 Å². The van der Waals surface area contributed by atoms with Crippen LogP contribution in [0.2, 0.25) is 0 Å². The molecule has 0 unspecified atom stereocenters. The Labute approximate surface area is 29.9 Å². The summed E-state index contributed by atoms with van der Waals surface area (Å²) < 4.78 is 0. The second-order valence-electron chi connectivity index (χ2n) is 0.345. The van der Waals surface area contributed by atoms with Gasteiger partial charge >= 0.3 is 0 Å². The zero-order valence-corrected chi connectivity index (χ0v) is 2.55. The zero-order chi connectivity index (χ0) is 4.12. The number of hydrogen-bond donors (Lipinski definition) is 1. The molecule has 0 aromatic carbocycles. The van der Waals surface area contributed by atoms with Crippen molar-refractivity contribution in [3.8, 4) is 12.5 Å². The first kappa shape index (κ1) is 3.96. The van der Waals surface area contributed by atoms with Crippen molar-refractivity contribution < 1.29 is 0 Å². The van der Waals surface area contributed by atoms with Crippen LogP contribution in [0.3, 0.4) is 0 Å². The van der Waals surface area contributed by atoms with Gasteiger partial charge in [-0.1, -0.05) is 16.8 Å². The molecule has 2 N–H and O–H groups in total. The van der Waals surface area contributed by atoms with Crippen molar-refractivity contribution in [1.29, 1.82) is 0 Å². The molecule has 0 aliphatic rings. The smallest absolute Gasteiger partial charge is 0.0559 e. The maximum Gasteiger partial charge on any atom is 0.0559 e. The number of nitrogens with two attached hydrogens (primary N) is 1. The summed E-state index contributed by atoms with van der Waals surface area (Å²) in [5.41, 5.74) is 0. The fourth-order valence-electron chi connectivity index (χ4n) is 0.0333. The van der Waals surface area contributed by atoms with Crippen LogP contribution in [0.5, 0.6) is 0 Å².